The minimum Gasteiger partial charge on any atom is -0.493 e. The quantitative estimate of drug-likeness (QED) is 0.527. The fraction of sp³-hybridized carbons (Fsp3) is 0.462. The highest BCUT2D eigenvalue weighted by molar-refractivity contribution is 7.99. The van der Waals surface area contributed by atoms with E-state index in [1.807, 2.05) is 23.1 Å². The summed E-state index contributed by atoms with van der Waals surface area (Å²) in [6, 6.07) is 10.7. The number of aliphatic carboxylic acids is 1. The van der Waals surface area contributed by atoms with Gasteiger partial charge in [0, 0.05) is 34.7 Å². The Morgan fingerprint density at radius 2 is 1.70 bits per heavy atom. The molecular formula is C26H33NO5S. The molecule has 3 rings (SSSR count). The summed E-state index contributed by atoms with van der Waals surface area (Å²) < 4.78 is 11.7. The molecule has 0 bridgehead atoms. The summed E-state index contributed by atoms with van der Waals surface area (Å²) in [6.45, 7) is 8.06. The van der Waals surface area contributed by atoms with Crippen LogP contribution in [0.3, 0.4) is 0 Å². The molecule has 0 radical (unpaired) electrons. The van der Waals surface area contributed by atoms with Gasteiger partial charge in [-0.3, -0.25) is 9.59 Å². The molecule has 0 aliphatic carbocycles. The first-order valence-corrected chi connectivity index (χ1v) is 12.3. The minimum absolute atomic E-state index is 0.0449. The first-order valence-electron chi connectivity index (χ1n) is 11.3. The summed E-state index contributed by atoms with van der Waals surface area (Å²) in [5, 5.41) is 9.14. The van der Waals surface area contributed by atoms with Crippen LogP contribution in [-0.2, 0) is 17.0 Å². The smallest absolute Gasteiger partial charge is 0.307 e. The number of ether oxygens (including phenoxy) is 2. The number of carboxylic acid groups (broad SMARTS) is 1. The number of amides is 1. The Morgan fingerprint density at radius 3 is 2.33 bits per heavy atom. The van der Waals surface area contributed by atoms with Crippen molar-refractivity contribution in [3.63, 3.8) is 0 Å². The standard InChI is InChI=1S/C26H33NO5S/c1-26(2,3)33-17-20-16-19(25(30)27-12-6-5-7-13-27)9-11-21(20)32-23-14-18(15-24(28)29)8-10-22(23)31-4/h8-11,14,16H,5-7,12-13,15,17H2,1-4H3,(H,28,29). The van der Waals surface area contributed by atoms with E-state index < -0.39 is 5.97 Å². The number of methoxy groups -OCH3 is 1. The average Bonchev–Trinajstić information content (AvgIpc) is 2.78. The van der Waals surface area contributed by atoms with Crippen LogP contribution in [0.25, 0.3) is 0 Å². The predicted molar refractivity (Wildman–Crippen MR) is 132 cm³/mol. The van der Waals surface area contributed by atoms with Gasteiger partial charge < -0.3 is 19.5 Å². The highest BCUT2D eigenvalue weighted by Gasteiger charge is 2.21. The zero-order chi connectivity index (χ0) is 24.0. The van der Waals surface area contributed by atoms with Gasteiger partial charge >= 0.3 is 5.97 Å². The van der Waals surface area contributed by atoms with E-state index >= 15 is 0 Å². The maximum atomic E-state index is 13.1. The van der Waals surface area contributed by atoms with Crippen LogP contribution in [0.2, 0.25) is 0 Å². The van der Waals surface area contributed by atoms with Gasteiger partial charge in [-0.15, -0.1) is 0 Å². The van der Waals surface area contributed by atoms with Gasteiger partial charge in [-0.1, -0.05) is 26.8 Å². The Hall–Kier alpha value is -2.67. The lowest BCUT2D eigenvalue weighted by Crippen LogP contribution is -2.35. The molecule has 6 nitrogen and oxygen atoms in total. The first-order chi connectivity index (χ1) is 15.7. The molecular weight excluding hydrogens is 438 g/mol. The van der Waals surface area contributed by atoms with Crippen molar-refractivity contribution in [1.29, 1.82) is 0 Å². The topological polar surface area (TPSA) is 76.1 Å². The Balaban J connectivity index is 1.93. The van der Waals surface area contributed by atoms with Crippen molar-refractivity contribution in [3.05, 3.63) is 53.1 Å². The van der Waals surface area contributed by atoms with Crippen molar-refractivity contribution in [1.82, 2.24) is 4.90 Å². The average molecular weight is 472 g/mol. The largest absolute Gasteiger partial charge is 0.493 e. The van der Waals surface area contributed by atoms with Crippen LogP contribution in [0.15, 0.2) is 36.4 Å². The van der Waals surface area contributed by atoms with Crippen LogP contribution < -0.4 is 9.47 Å². The number of piperidine rings is 1. The van der Waals surface area contributed by atoms with Crippen LogP contribution >= 0.6 is 11.8 Å². The lowest BCUT2D eigenvalue weighted by Gasteiger charge is -2.27. The lowest BCUT2D eigenvalue weighted by atomic mass is 10.1. The Labute approximate surface area is 200 Å². The second kappa shape index (κ2) is 11.0. The van der Waals surface area contributed by atoms with Crippen molar-refractivity contribution in [3.8, 4) is 17.2 Å². The molecule has 1 heterocycles. The van der Waals surface area contributed by atoms with Crippen molar-refractivity contribution in [2.75, 3.05) is 20.2 Å². The molecule has 178 valence electrons. The minimum atomic E-state index is -0.908. The van der Waals surface area contributed by atoms with Crippen molar-refractivity contribution in [2.24, 2.45) is 0 Å². The summed E-state index contributed by atoms with van der Waals surface area (Å²) in [5.41, 5.74) is 2.21. The molecule has 33 heavy (non-hydrogen) atoms. The summed E-state index contributed by atoms with van der Waals surface area (Å²) in [7, 11) is 1.55. The number of hydrogen-bond acceptors (Lipinski definition) is 5. The summed E-state index contributed by atoms with van der Waals surface area (Å²) in [6.07, 6.45) is 3.17. The number of benzene rings is 2. The molecule has 0 saturated carbocycles. The van der Waals surface area contributed by atoms with E-state index in [1.165, 1.54) is 6.42 Å². The second-order valence-corrected chi connectivity index (χ2v) is 11.0. The van der Waals surface area contributed by atoms with Gasteiger partial charge in [0.2, 0.25) is 0 Å². The van der Waals surface area contributed by atoms with Crippen molar-refractivity contribution in [2.45, 2.75) is 57.0 Å². The van der Waals surface area contributed by atoms with Gasteiger partial charge in [-0.05, 0) is 55.2 Å². The van der Waals surface area contributed by atoms with Gasteiger partial charge in [0.25, 0.3) is 5.91 Å². The van der Waals surface area contributed by atoms with E-state index in [4.69, 9.17) is 14.6 Å². The van der Waals surface area contributed by atoms with Crippen LogP contribution in [0, 0.1) is 0 Å². The highest BCUT2D eigenvalue weighted by atomic mass is 32.2. The fourth-order valence-corrected chi connectivity index (χ4v) is 4.52. The summed E-state index contributed by atoms with van der Waals surface area (Å²) in [4.78, 5) is 26.1. The molecule has 7 heteroatoms. The van der Waals surface area contributed by atoms with Gasteiger partial charge in [-0.25, -0.2) is 0 Å². The van der Waals surface area contributed by atoms with Crippen LogP contribution in [-0.4, -0.2) is 46.8 Å². The van der Waals surface area contributed by atoms with E-state index in [1.54, 1.807) is 37.1 Å². The first kappa shape index (κ1) is 25.0. The van der Waals surface area contributed by atoms with Gasteiger partial charge in [0.15, 0.2) is 11.5 Å². The van der Waals surface area contributed by atoms with E-state index in [9.17, 15) is 9.59 Å². The van der Waals surface area contributed by atoms with E-state index in [0.717, 1.165) is 31.5 Å². The molecule has 0 aromatic heterocycles. The molecule has 0 atom stereocenters. The molecule has 0 unspecified atom stereocenters. The third-order valence-electron chi connectivity index (χ3n) is 5.41. The zero-order valence-electron chi connectivity index (χ0n) is 19.8. The molecule has 2 aromatic carbocycles. The molecule has 0 spiro atoms. The molecule has 1 saturated heterocycles. The number of carbonyl (C=O) groups is 2. The molecule has 2 aromatic rings. The number of likely N-dealkylation sites (tertiary alicyclic amines) is 1. The Bertz CT molecular complexity index is 993. The van der Waals surface area contributed by atoms with Crippen LogP contribution in [0.4, 0.5) is 0 Å². The van der Waals surface area contributed by atoms with E-state index in [-0.39, 0.29) is 17.1 Å². The Kier molecular flexibility index (Phi) is 8.30. The maximum absolute atomic E-state index is 13.1. The molecule has 1 amide bonds. The zero-order valence-corrected chi connectivity index (χ0v) is 20.7. The van der Waals surface area contributed by atoms with Gasteiger partial charge in [0.05, 0.1) is 13.5 Å². The number of rotatable bonds is 8. The summed E-state index contributed by atoms with van der Waals surface area (Å²) in [5.74, 6) is 1.43. The third kappa shape index (κ3) is 7.16. The SMILES string of the molecule is COc1ccc(CC(=O)O)cc1Oc1ccc(C(=O)N2CCCCC2)cc1CSC(C)(C)C. The maximum Gasteiger partial charge on any atom is 0.307 e. The third-order valence-corrected chi connectivity index (χ3v) is 6.74. The number of thioether (sulfide) groups is 1. The van der Waals surface area contributed by atoms with Gasteiger partial charge in [0.1, 0.15) is 5.75 Å². The van der Waals surface area contributed by atoms with Gasteiger partial charge in [-0.2, -0.15) is 11.8 Å². The van der Waals surface area contributed by atoms with Crippen LogP contribution in [0.1, 0.15) is 61.5 Å². The Morgan fingerprint density at radius 1 is 1.00 bits per heavy atom. The lowest BCUT2D eigenvalue weighted by molar-refractivity contribution is -0.136. The van der Waals surface area contributed by atoms with Crippen molar-refractivity contribution < 1.29 is 24.2 Å². The number of hydrogen-bond donors (Lipinski definition) is 1. The highest BCUT2D eigenvalue weighted by Crippen LogP contribution is 2.37. The van der Waals surface area contributed by atoms with Crippen LogP contribution in [0.5, 0.6) is 17.2 Å². The van der Waals surface area contributed by atoms with Crippen molar-refractivity contribution >= 4 is 23.6 Å². The number of nitrogens with zero attached hydrogens (tertiary/aromatic N) is 1. The molecule has 1 aliphatic heterocycles. The fourth-order valence-electron chi connectivity index (χ4n) is 3.70. The second-order valence-electron chi connectivity index (χ2n) is 9.23. The predicted octanol–water partition coefficient (Wildman–Crippen LogP) is 5.77. The molecule has 1 aliphatic rings. The van der Waals surface area contributed by atoms with E-state index in [2.05, 4.69) is 20.8 Å². The number of carbonyl (C=O) groups excluding carboxylic acids is 1. The van der Waals surface area contributed by atoms with E-state index in [0.29, 0.717) is 34.1 Å². The summed E-state index contributed by atoms with van der Waals surface area (Å²) >= 11 is 1.78. The molecule has 1 fully saturated rings. The normalized spacial score (nSPS) is 14.1. The monoisotopic (exact) mass is 471 g/mol. The molecule has 1 N–H and O–H groups in total. The number of carboxylic acids is 1.